The van der Waals surface area contributed by atoms with Crippen molar-refractivity contribution in [3.05, 3.63) is 0 Å². The van der Waals surface area contributed by atoms with Gasteiger partial charge in [0.25, 0.3) is 10.2 Å². The van der Waals surface area contributed by atoms with Gasteiger partial charge in [-0.3, -0.25) is 0 Å². The number of hydrogen-bond acceptors (Lipinski definition) is 2. The highest BCUT2D eigenvalue weighted by Gasteiger charge is 2.39. The normalized spacial score (nSPS) is 28.6. The number of piperidine rings is 1. The molecule has 106 valence electrons. The van der Waals surface area contributed by atoms with Crippen molar-refractivity contribution < 1.29 is 8.42 Å². The standard InChI is InChI=1S/C12H23ClN2O2S/c1-10(12-5-6-12)14(2)18(16,17)15-7-3-4-11(8-13)9-15/h10-12H,3-9H2,1-2H3. The van der Waals surface area contributed by atoms with E-state index < -0.39 is 10.2 Å². The monoisotopic (exact) mass is 294 g/mol. The molecule has 0 radical (unpaired) electrons. The molecule has 6 heteroatoms. The van der Waals surface area contributed by atoms with Crippen molar-refractivity contribution in [2.45, 2.75) is 38.6 Å². The zero-order chi connectivity index (χ0) is 13.3. The van der Waals surface area contributed by atoms with Crippen LogP contribution in [0.3, 0.4) is 0 Å². The molecule has 1 heterocycles. The Morgan fingerprint density at radius 1 is 1.39 bits per heavy atom. The van der Waals surface area contributed by atoms with Gasteiger partial charge in [-0.25, -0.2) is 0 Å². The van der Waals surface area contributed by atoms with Gasteiger partial charge in [0.05, 0.1) is 0 Å². The number of halogens is 1. The van der Waals surface area contributed by atoms with E-state index in [2.05, 4.69) is 0 Å². The summed E-state index contributed by atoms with van der Waals surface area (Å²) < 4.78 is 28.2. The van der Waals surface area contributed by atoms with Gasteiger partial charge >= 0.3 is 0 Å². The third-order valence-electron chi connectivity index (χ3n) is 4.27. The van der Waals surface area contributed by atoms with Gasteiger partial charge in [-0.15, -0.1) is 11.6 Å². The largest absolute Gasteiger partial charge is 0.281 e. The summed E-state index contributed by atoms with van der Waals surface area (Å²) >= 11 is 5.86. The number of rotatable bonds is 5. The molecule has 2 atom stereocenters. The van der Waals surface area contributed by atoms with Gasteiger partial charge in [0.2, 0.25) is 0 Å². The van der Waals surface area contributed by atoms with Gasteiger partial charge in [-0.05, 0) is 44.4 Å². The molecule has 0 bridgehead atoms. The van der Waals surface area contributed by atoms with Crippen LogP contribution in [0.2, 0.25) is 0 Å². The Kier molecular flexibility index (Phi) is 4.57. The number of nitrogens with zero attached hydrogens (tertiary/aromatic N) is 2. The molecule has 1 aliphatic heterocycles. The van der Waals surface area contributed by atoms with Crippen LogP contribution in [-0.4, -0.2) is 49.1 Å². The molecule has 4 nitrogen and oxygen atoms in total. The lowest BCUT2D eigenvalue weighted by Crippen LogP contribution is -2.49. The first-order chi connectivity index (χ1) is 8.46. The van der Waals surface area contributed by atoms with Crippen molar-refractivity contribution in [3.8, 4) is 0 Å². The van der Waals surface area contributed by atoms with E-state index >= 15 is 0 Å². The molecule has 0 aromatic carbocycles. The third-order valence-corrected chi connectivity index (χ3v) is 6.75. The van der Waals surface area contributed by atoms with Crippen LogP contribution >= 0.6 is 11.6 Å². The molecule has 18 heavy (non-hydrogen) atoms. The summed E-state index contributed by atoms with van der Waals surface area (Å²) in [6.45, 7) is 3.23. The smallest absolute Gasteiger partial charge is 0.195 e. The molecular formula is C12H23ClN2O2S. The Hall–Kier alpha value is 0.160. The summed E-state index contributed by atoms with van der Waals surface area (Å²) in [4.78, 5) is 0. The molecule has 2 fully saturated rings. The van der Waals surface area contributed by atoms with Crippen molar-refractivity contribution in [2.24, 2.45) is 11.8 Å². The second kappa shape index (κ2) is 5.65. The summed E-state index contributed by atoms with van der Waals surface area (Å²) in [6, 6.07) is 0.117. The van der Waals surface area contributed by atoms with E-state index in [0.29, 0.717) is 30.8 Å². The van der Waals surface area contributed by atoms with Crippen molar-refractivity contribution in [2.75, 3.05) is 26.0 Å². The minimum atomic E-state index is -3.30. The summed E-state index contributed by atoms with van der Waals surface area (Å²) in [5.74, 6) is 1.41. The Labute approximate surface area is 115 Å². The maximum Gasteiger partial charge on any atom is 0.281 e. The van der Waals surface area contributed by atoms with Gasteiger partial charge in [-0.1, -0.05) is 0 Å². The van der Waals surface area contributed by atoms with Crippen molar-refractivity contribution in [1.82, 2.24) is 8.61 Å². The first kappa shape index (κ1) is 14.6. The first-order valence-electron chi connectivity index (χ1n) is 6.76. The SMILES string of the molecule is CC(C1CC1)N(C)S(=O)(=O)N1CCCC(CCl)C1. The summed E-state index contributed by atoms with van der Waals surface area (Å²) in [5.41, 5.74) is 0. The van der Waals surface area contributed by atoms with Crippen LogP contribution in [0.1, 0.15) is 32.6 Å². The maximum absolute atomic E-state index is 12.5. The van der Waals surface area contributed by atoms with Gasteiger partial charge < -0.3 is 0 Å². The minimum Gasteiger partial charge on any atom is -0.195 e. The minimum absolute atomic E-state index is 0.117. The second-order valence-electron chi connectivity index (χ2n) is 5.62. The Morgan fingerprint density at radius 3 is 2.61 bits per heavy atom. The van der Waals surface area contributed by atoms with Crippen LogP contribution in [0, 0.1) is 11.8 Å². The summed E-state index contributed by atoms with van der Waals surface area (Å²) in [7, 11) is -1.59. The quantitative estimate of drug-likeness (QED) is 0.727. The van der Waals surface area contributed by atoms with Crippen molar-refractivity contribution >= 4 is 21.8 Å². The molecule has 0 N–H and O–H groups in total. The van der Waals surface area contributed by atoms with E-state index in [1.165, 1.54) is 0 Å². The molecule has 2 aliphatic rings. The van der Waals surface area contributed by atoms with Crippen molar-refractivity contribution in [3.63, 3.8) is 0 Å². The predicted molar refractivity (Wildman–Crippen MR) is 73.9 cm³/mol. The lowest BCUT2D eigenvalue weighted by Gasteiger charge is -2.35. The average Bonchev–Trinajstić information content (AvgIpc) is 3.21. The van der Waals surface area contributed by atoms with Crippen LogP contribution in [0.15, 0.2) is 0 Å². The Balaban J connectivity index is 2.04. The molecular weight excluding hydrogens is 272 g/mol. The highest BCUT2D eigenvalue weighted by atomic mass is 35.5. The lowest BCUT2D eigenvalue weighted by atomic mass is 10.0. The van der Waals surface area contributed by atoms with E-state index in [9.17, 15) is 8.42 Å². The first-order valence-corrected chi connectivity index (χ1v) is 8.69. The molecule has 2 rings (SSSR count). The fraction of sp³-hybridized carbons (Fsp3) is 1.00. The van der Waals surface area contributed by atoms with E-state index in [4.69, 9.17) is 11.6 Å². The highest BCUT2D eigenvalue weighted by Crippen LogP contribution is 2.36. The molecule has 0 aromatic heterocycles. The van der Waals surface area contributed by atoms with E-state index in [1.54, 1.807) is 15.7 Å². The third kappa shape index (κ3) is 3.00. The van der Waals surface area contributed by atoms with Gasteiger partial charge in [0, 0.05) is 32.1 Å². The molecule has 1 aliphatic carbocycles. The van der Waals surface area contributed by atoms with Crippen LogP contribution < -0.4 is 0 Å². The van der Waals surface area contributed by atoms with E-state index in [1.807, 2.05) is 6.92 Å². The molecule has 0 spiro atoms. The fourth-order valence-corrected chi connectivity index (χ4v) is 4.60. The summed E-state index contributed by atoms with van der Waals surface area (Å²) in [6.07, 6.45) is 4.27. The lowest BCUT2D eigenvalue weighted by molar-refractivity contribution is 0.251. The van der Waals surface area contributed by atoms with Gasteiger partial charge in [-0.2, -0.15) is 17.0 Å². The van der Waals surface area contributed by atoms with Gasteiger partial charge in [0.15, 0.2) is 0 Å². The summed E-state index contributed by atoms with van der Waals surface area (Å²) in [5, 5.41) is 0. The molecule has 0 amide bonds. The van der Waals surface area contributed by atoms with E-state index in [-0.39, 0.29) is 6.04 Å². The zero-order valence-corrected chi connectivity index (χ0v) is 12.8. The van der Waals surface area contributed by atoms with Crippen molar-refractivity contribution in [1.29, 1.82) is 0 Å². The van der Waals surface area contributed by atoms with Gasteiger partial charge in [0.1, 0.15) is 0 Å². The average molecular weight is 295 g/mol. The number of hydrogen-bond donors (Lipinski definition) is 0. The molecule has 2 unspecified atom stereocenters. The van der Waals surface area contributed by atoms with Crippen LogP contribution in [0.25, 0.3) is 0 Å². The highest BCUT2D eigenvalue weighted by molar-refractivity contribution is 7.86. The van der Waals surface area contributed by atoms with E-state index in [0.717, 1.165) is 25.7 Å². The Bertz CT molecular complexity index is 384. The second-order valence-corrected chi connectivity index (χ2v) is 7.92. The molecule has 1 saturated carbocycles. The van der Waals surface area contributed by atoms with Crippen LogP contribution in [0.4, 0.5) is 0 Å². The Morgan fingerprint density at radius 2 is 2.06 bits per heavy atom. The molecule has 0 aromatic rings. The maximum atomic E-state index is 12.5. The fourth-order valence-electron chi connectivity index (χ4n) is 2.63. The zero-order valence-electron chi connectivity index (χ0n) is 11.2. The van der Waals surface area contributed by atoms with Crippen LogP contribution in [0.5, 0.6) is 0 Å². The predicted octanol–water partition coefficient (Wildman–Crippen LogP) is 1.91. The molecule has 1 saturated heterocycles. The topological polar surface area (TPSA) is 40.6 Å². The van der Waals surface area contributed by atoms with Crippen LogP contribution in [-0.2, 0) is 10.2 Å². The number of alkyl halides is 1.